The molecule has 0 aromatic heterocycles. The van der Waals surface area contributed by atoms with Gasteiger partial charge in [-0.25, -0.2) is 12.8 Å². The first kappa shape index (κ1) is 31.2. The molecule has 224 valence electrons. The molecule has 0 radical (unpaired) electrons. The van der Waals surface area contributed by atoms with Gasteiger partial charge in [-0.05, 0) is 79.6 Å². The number of nitrogens with zero attached hydrogens (tertiary/aromatic N) is 2. The highest BCUT2D eigenvalue weighted by molar-refractivity contribution is 7.92. The van der Waals surface area contributed by atoms with Gasteiger partial charge in [0.15, 0.2) is 0 Å². The first-order valence-electron chi connectivity index (χ1n) is 13.9. The molecule has 43 heavy (non-hydrogen) atoms. The van der Waals surface area contributed by atoms with Gasteiger partial charge in [-0.3, -0.25) is 13.9 Å². The largest absolute Gasteiger partial charge is 0.457 e. The Labute approximate surface area is 251 Å². The zero-order chi connectivity index (χ0) is 30.8. The summed E-state index contributed by atoms with van der Waals surface area (Å²) in [5.41, 5.74) is 0.836. The van der Waals surface area contributed by atoms with E-state index in [4.69, 9.17) is 4.74 Å². The molecule has 1 N–H and O–H groups in total. The quantitative estimate of drug-likeness (QED) is 0.210. The number of sulfonamides is 1. The second kappa shape index (κ2) is 14.5. The van der Waals surface area contributed by atoms with Crippen molar-refractivity contribution in [3.05, 3.63) is 121 Å². The van der Waals surface area contributed by atoms with Gasteiger partial charge in [-0.15, -0.1) is 0 Å². The first-order chi connectivity index (χ1) is 20.7. The minimum Gasteiger partial charge on any atom is -0.457 e. The molecule has 0 saturated carbocycles. The van der Waals surface area contributed by atoms with Gasteiger partial charge in [0.25, 0.3) is 10.0 Å². The maximum absolute atomic E-state index is 14.0. The normalized spacial score (nSPS) is 11.8. The van der Waals surface area contributed by atoms with E-state index in [0.29, 0.717) is 23.6 Å². The Hall–Kier alpha value is -4.70. The van der Waals surface area contributed by atoms with Crippen LogP contribution in [0.15, 0.2) is 114 Å². The smallest absolute Gasteiger partial charge is 0.264 e. The number of benzene rings is 4. The highest BCUT2D eigenvalue weighted by Crippen LogP contribution is 2.28. The lowest BCUT2D eigenvalue weighted by molar-refractivity contribution is -0.140. The van der Waals surface area contributed by atoms with Crippen molar-refractivity contribution in [3.63, 3.8) is 0 Å². The predicted octanol–water partition coefficient (Wildman–Crippen LogP) is 5.76. The molecule has 0 aliphatic carbocycles. The van der Waals surface area contributed by atoms with Crippen molar-refractivity contribution in [2.45, 2.75) is 37.8 Å². The minimum atomic E-state index is -4.20. The van der Waals surface area contributed by atoms with E-state index in [-0.39, 0.29) is 29.5 Å². The third kappa shape index (κ3) is 7.98. The molecular weight excluding hydrogens is 569 g/mol. The Morgan fingerprint density at radius 2 is 1.40 bits per heavy atom. The van der Waals surface area contributed by atoms with Gasteiger partial charge < -0.3 is 15.0 Å². The fraction of sp³-hybridized carbons (Fsp3) is 0.212. The molecule has 2 amide bonds. The molecule has 0 aliphatic heterocycles. The monoisotopic (exact) mass is 603 g/mol. The average Bonchev–Trinajstić information content (AvgIpc) is 3.02. The molecule has 0 saturated heterocycles. The van der Waals surface area contributed by atoms with E-state index in [0.717, 1.165) is 4.31 Å². The SMILES string of the molecule is CCNC(=O)[C@H](CC)N(Cc1ccc(F)cc1)C(=O)CN(c1ccc(Oc2ccccc2)cc1)S(=O)(=O)c1ccccc1. The highest BCUT2D eigenvalue weighted by Gasteiger charge is 2.33. The zero-order valence-electron chi connectivity index (χ0n) is 24.0. The summed E-state index contributed by atoms with van der Waals surface area (Å²) in [6, 6.07) is 28.1. The van der Waals surface area contributed by atoms with E-state index in [1.807, 2.05) is 18.2 Å². The summed E-state index contributed by atoms with van der Waals surface area (Å²) in [5, 5.41) is 2.76. The molecule has 4 aromatic carbocycles. The number of likely N-dealkylation sites (N-methyl/N-ethyl adjacent to an activating group) is 1. The number of rotatable bonds is 13. The lowest BCUT2D eigenvalue weighted by Crippen LogP contribution is -2.52. The molecule has 0 heterocycles. The maximum Gasteiger partial charge on any atom is 0.264 e. The Balaban J connectivity index is 1.70. The number of halogens is 1. The number of hydrogen-bond acceptors (Lipinski definition) is 5. The third-order valence-corrected chi connectivity index (χ3v) is 8.50. The van der Waals surface area contributed by atoms with Gasteiger partial charge in [0.1, 0.15) is 29.9 Å². The lowest BCUT2D eigenvalue weighted by Gasteiger charge is -2.33. The Kier molecular flexibility index (Phi) is 10.5. The topological polar surface area (TPSA) is 96.0 Å². The summed E-state index contributed by atoms with van der Waals surface area (Å²) in [4.78, 5) is 28.4. The molecule has 0 bridgehead atoms. The van der Waals surface area contributed by atoms with Crippen molar-refractivity contribution < 1.29 is 27.1 Å². The summed E-state index contributed by atoms with van der Waals surface area (Å²) >= 11 is 0. The number of ether oxygens (including phenoxy) is 1. The number of carbonyl (C=O) groups is 2. The van der Waals surface area contributed by atoms with Crippen LogP contribution in [-0.2, 0) is 26.2 Å². The zero-order valence-corrected chi connectivity index (χ0v) is 24.8. The second-order valence-corrected chi connectivity index (χ2v) is 11.6. The van der Waals surface area contributed by atoms with Crippen LogP contribution in [0.1, 0.15) is 25.8 Å². The molecule has 0 aliphatic rings. The number of amides is 2. The molecule has 4 aromatic rings. The van der Waals surface area contributed by atoms with E-state index in [9.17, 15) is 22.4 Å². The molecule has 8 nitrogen and oxygen atoms in total. The summed E-state index contributed by atoms with van der Waals surface area (Å²) in [6.45, 7) is 3.32. The Bertz CT molecular complexity index is 1600. The van der Waals surface area contributed by atoms with Crippen LogP contribution in [0, 0.1) is 5.82 Å². The molecule has 0 spiro atoms. The molecule has 10 heteroatoms. The fourth-order valence-corrected chi connectivity index (χ4v) is 5.99. The lowest BCUT2D eigenvalue weighted by atomic mass is 10.1. The van der Waals surface area contributed by atoms with Gasteiger partial charge in [0.2, 0.25) is 11.8 Å². The number of carbonyl (C=O) groups excluding carboxylic acids is 2. The van der Waals surface area contributed by atoms with Crippen LogP contribution in [0.25, 0.3) is 0 Å². The minimum absolute atomic E-state index is 0.00765. The van der Waals surface area contributed by atoms with E-state index >= 15 is 0 Å². The van der Waals surface area contributed by atoms with Gasteiger partial charge in [0.05, 0.1) is 10.6 Å². The van der Waals surface area contributed by atoms with E-state index in [1.165, 1.54) is 41.3 Å². The maximum atomic E-state index is 14.0. The van der Waals surface area contributed by atoms with Crippen LogP contribution >= 0.6 is 0 Å². The van der Waals surface area contributed by atoms with Crippen LogP contribution in [0.3, 0.4) is 0 Å². The van der Waals surface area contributed by atoms with Crippen LogP contribution in [0.5, 0.6) is 11.5 Å². The highest BCUT2D eigenvalue weighted by atomic mass is 32.2. The molecule has 4 rings (SSSR count). The van der Waals surface area contributed by atoms with Gasteiger partial charge in [-0.2, -0.15) is 0 Å². The predicted molar refractivity (Wildman–Crippen MR) is 164 cm³/mol. The molecule has 1 atom stereocenters. The first-order valence-corrected chi connectivity index (χ1v) is 15.4. The van der Waals surface area contributed by atoms with E-state index < -0.39 is 34.3 Å². The van der Waals surface area contributed by atoms with Crippen molar-refractivity contribution >= 4 is 27.5 Å². The summed E-state index contributed by atoms with van der Waals surface area (Å²) in [6.07, 6.45) is 0.287. The van der Waals surface area contributed by atoms with Crippen molar-refractivity contribution in [2.24, 2.45) is 0 Å². The standard InChI is InChI=1S/C33H34FN3O5S/c1-3-31(33(39)35-4-2)36(23-25-15-17-26(34)18-16-25)32(38)24-37(43(40,41)30-13-9-6-10-14-30)27-19-21-29(22-20-27)42-28-11-7-5-8-12-28/h5-22,31H,3-4,23-24H2,1-2H3,(H,35,39)/t31-/m0/s1. The summed E-state index contributed by atoms with van der Waals surface area (Å²) in [5.74, 6) is -0.283. The number of hydrogen-bond donors (Lipinski definition) is 1. The number of anilines is 1. The molecule has 0 unspecified atom stereocenters. The average molecular weight is 604 g/mol. The van der Waals surface area contributed by atoms with Crippen LogP contribution in [0.2, 0.25) is 0 Å². The molecule has 0 fully saturated rings. The van der Waals surface area contributed by atoms with Crippen LogP contribution in [-0.4, -0.2) is 44.3 Å². The van der Waals surface area contributed by atoms with Gasteiger partial charge >= 0.3 is 0 Å². The number of nitrogens with one attached hydrogen (secondary N) is 1. The van der Waals surface area contributed by atoms with E-state index in [1.54, 1.807) is 68.4 Å². The summed E-state index contributed by atoms with van der Waals surface area (Å²) in [7, 11) is -4.20. The van der Waals surface area contributed by atoms with Gasteiger partial charge in [0, 0.05) is 13.1 Å². The third-order valence-electron chi connectivity index (χ3n) is 6.72. The van der Waals surface area contributed by atoms with E-state index in [2.05, 4.69) is 5.32 Å². The second-order valence-electron chi connectivity index (χ2n) is 9.70. The van der Waals surface area contributed by atoms with Crippen molar-refractivity contribution in [1.29, 1.82) is 0 Å². The van der Waals surface area contributed by atoms with Crippen LogP contribution < -0.4 is 14.4 Å². The molecular formula is C33H34FN3O5S. The van der Waals surface area contributed by atoms with Gasteiger partial charge in [-0.1, -0.05) is 55.5 Å². The Morgan fingerprint density at radius 3 is 1.98 bits per heavy atom. The van der Waals surface area contributed by atoms with Crippen molar-refractivity contribution in [3.8, 4) is 11.5 Å². The Morgan fingerprint density at radius 1 is 0.814 bits per heavy atom. The van der Waals surface area contributed by atoms with Crippen molar-refractivity contribution in [1.82, 2.24) is 10.2 Å². The number of para-hydroxylation sites is 1. The fourth-order valence-electron chi connectivity index (χ4n) is 4.55. The summed E-state index contributed by atoms with van der Waals surface area (Å²) < 4.78 is 48.4. The van der Waals surface area contributed by atoms with Crippen molar-refractivity contribution in [2.75, 3.05) is 17.4 Å². The van der Waals surface area contributed by atoms with Crippen LogP contribution in [0.4, 0.5) is 10.1 Å².